The number of hydrogen-bond donors (Lipinski definition) is 2. The van der Waals surface area contributed by atoms with Crippen molar-refractivity contribution in [2.24, 2.45) is 0 Å². The fourth-order valence-corrected chi connectivity index (χ4v) is 4.58. The van der Waals surface area contributed by atoms with Crippen molar-refractivity contribution in [1.29, 1.82) is 4.78 Å². The minimum atomic E-state index is -4.59. The van der Waals surface area contributed by atoms with E-state index in [-0.39, 0.29) is 29.9 Å². The zero-order valence-corrected chi connectivity index (χ0v) is 22.5. The standard InChI is InChI=1S/C22H32BrF3N2O5S/c1-20(2,3)32-18(29)17(28-19(30)33-21(4,5)6)10-12-34(27,31)11-9-14-13-15(23)7-8-16(14)22(24,25)26/h7-8,13,17,27H,9-12H2,1-6H3,(H,28,30)/t17-,34?/m0/s1. The van der Waals surface area contributed by atoms with Crippen molar-refractivity contribution in [3.05, 3.63) is 33.8 Å². The first-order valence-electron chi connectivity index (χ1n) is 10.5. The van der Waals surface area contributed by atoms with Gasteiger partial charge < -0.3 is 14.8 Å². The topological polar surface area (TPSA) is 106 Å². The molecule has 34 heavy (non-hydrogen) atoms. The lowest BCUT2D eigenvalue weighted by Gasteiger charge is -2.26. The predicted molar refractivity (Wildman–Crippen MR) is 127 cm³/mol. The monoisotopic (exact) mass is 572 g/mol. The van der Waals surface area contributed by atoms with Crippen molar-refractivity contribution in [1.82, 2.24) is 5.32 Å². The highest BCUT2D eigenvalue weighted by molar-refractivity contribution is 9.10. The van der Waals surface area contributed by atoms with E-state index in [1.165, 1.54) is 12.1 Å². The molecule has 12 heteroatoms. The smallest absolute Gasteiger partial charge is 0.416 e. The number of alkyl carbamates (subject to hydrolysis) is 1. The lowest BCUT2D eigenvalue weighted by molar-refractivity contribution is -0.157. The van der Waals surface area contributed by atoms with E-state index in [1.807, 2.05) is 0 Å². The summed E-state index contributed by atoms with van der Waals surface area (Å²) in [5, 5.41) is 2.38. The van der Waals surface area contributed by atoms with Gasteiger partial charge in [0.05, 0.1) is 5.56 Å². The van der Waals surface area contributed by atoms with Crippen molar-refractivity contribution in [2.75, 3.05) is 11.5 Å². The molecule has 0 aliphatic rings. The summed E-state index contributed by atoms with van der Waals surface area (Å²) in [6, 6.07) is 2.23. The summed E-state index contributed by atoms with van der Waals surface area (Å²) in [4.78, 5) is 24.7. The Labute approximate surface area is 207 Å². The number of halogens is 4. The van der Waals surface area contributed by atoms with Gasteiger partial charge in [0.15, 0.2) is 0 Å². The number of ether oxygens (including phenoxy) is 2. The Balaban J connectivity index is 2.95. The molecule has 0 radical (unpaired) electrons. The number of alkyl halides is 3. The summed E-state index contributed by atoms with van der Waals surface area (Å²) in [5.74, 6) is -1.47. The molecule has 0 aliphatic heterocycles. The fourth-order valence-electron chi connectivity index (χ4n) is 2.80. The maximum atomic E-state index is 13.3. The lowest BCUT2D eigenvalue weighted by atomic mass is 10.1. The molecule has 0 saturated carbocycles. The number of benzene rings is 1. The highest BCUT2D eigenvalue weighted by atomic mass is 79.9. The van der Waals surface area contributed by atoms with Gasteiger partial charge in [-0.1, -0.05) is 15.9 Å². The third-order valence-corrected chi connectivity index (χ3v) is 6.44. The van der Waals surface area contributed by atoms with Crippen molar-refractivity contribution >= 4 is 37.7 Å². The molecule has 0 saturated heterocycles. The van der Waals surface area contributed by atoms with Crippen LogP contribution in [0.15, 0.2) is 22.7 Å². The summed E-state index contributed by atoms with van der Waals surface area (Å²) in [7, 11) is -3.38. The van der Waals surface area contributed by atoms with Gasteiger partial charge in [0, 0.05) is 25.7 Å². The van der Waals surface area contributed by atoms with Crippen LogP contribution in [0.3, 0.4) is 0 Å². The molecule has 1 rings (SSSR count). The first kappa shape index (κ1) is 30.2. The van der Waals surface area contributed by atoms with Gasteiger partial charge in [0.2, 0.25) is 0 Å². The molecule has 0 aromatic heterocycles. The van der Waals surface area contributed by atoms with Crippen molar-refractivity contribution in [3.8, 4) is 0 Å². The van der Waals surface area contributed by atoms with Crippen LogP contribution in [0.2, 0.25) is 0 Å². The van der Waals surface area contributed by atoms with E-state index in [9.17, 15) is 27.0 Å². The van der Waals surface area contributed by atoms with Gasteiger partial charge in [-0.05, 0) is 78.1 Å². The number of carbonyl (C=O) groups is 2. The van der Waals surface area contributed by atoms with Crippen molar-refractivity contribution < 1.29 is 36.4 Å². The minimum absolute atomic E-state index is 0.0857. The summed E-state index contributed by atoms with van der Waals surface area (Å²) in [5.41, 5.74) is -2.63. The Morgan fingerprint density at radius 1 is 1.06 bits per heavy atom. The largest absolute Gasteiger partial charge is 0.458 e. The summed E-state index contributed by atoms with van der Waals surface area (Å²) >= 11 is 3.13. The van der Waals surface area contributed by atoms with Gasteiger partial charge >= 0.3 is 18.2 Å². The molecule has 2 atom stereocenters. The maximum absolute atomic E-state index is 13.3. The molecular weight excluding hydrogens is 541 g/mol. The molecular formula is C22H32BrF3N2O5S. The Morgan fingerprint density at radius 3 is 2.12 bits per heavy atom. The molecule has 0 bridgehead atoms. The number of aryl methyl sites for hydroxylation is 1. The molecule has 0 spiro atoms. The molecule has 0 aliphatic carbocycles. The number of esters is 1. The highest BCUT2D eigenvalue weighted by Gasteiger charge is 2.34. The molecule has 1 unspecified atom stereocenters. The number of hydrogen-bond acceptors (Lipinski definition) is 6. The van der Waals surface area contributed by atoms with Crippen LogP contribution in [0, 0.1) is 4.78 Å². The summed E-state index contributed by atoms with van der Waals surface area (Å²) < 4.78 is 71.7. The van der Waals surface area contributed by atoms with Gasteiger partial charge in [0.25, 0.3) is 0 Å². The second kappa shape index (κ2) is 11.3. The van der Waals surface area contributed by atoms with E-state index in [1.54, 1.807) is 41.5 Å². The Kier molecular flexibility index (Phi) is 10.0. The zero-order valence-electron chi connectivity index (χ0n) is 20.1. The van der Waals surface area contributed by atoms with Crippen LogP contribution in [-0.4, -0.2) is 45.0 Å². The molecule has 1 aromatic rings. The summed E-state index contributed by atoms with van der Waals surface area (Å²) in [6.45, 7) is 9.84. The summed E-state index contributed by atoms with van der Waals surface area (Å²) in [6.07, 6.45) is -5.92. The highest BCUT2D eigenvalue weighted by Crippen LogP contribution is 2.33. The number of nitrogens with one attached hydrogen (secondary N) is 2. The third-order valence-electron chi connectivity index (χ3n) is 4.19. The van der Waals surface area contributed by atoms with E-state index in [0.29, 0.717) is 4.47 Å². The molecule has 1 amide bonds. The SMILES string of the molecule is CC(C)(C)OC(=O)N[C@@H](CCS(=N)(=O)CCc1cc(Br)ccc1C(F)(F)F)C(=O)OC(C)(C)C. The van der Waals surface area contributed by atoms with Crippen LogP contribution in [0.5, 0.6) is 0 Å². The predicted octanol–water partition coefficient (Wildman–Crippen LogP) is 5.68. The van der Waals surface area contributed by atoms with Gasteiger partial charge in [-0.3, -0.25) is 4.78 Å². The average Bonchev–Trinajstić information content (AvgIpc) is 2.59. The molecule has 0 heterocycles. The van der Waals surface area contributed by atoms with Crippen LogP contribution in [0.25, 0.3) is 0 Å². The number of carbonyl (C=O) groups excluding carboxylic acids is 2. The van der Waals surface area contributed by atoms with E-state index in [2.05, 4.69) is 21.2 Å². The van der Waals surface area contributed by atoms with E-state index >= 15 is 0 Å². The van der Waals surface area contributed by atoms with Crippen molar-refractivity contribution in [2.45, 2.75) is 77.8 Å². The van der Waals surface area contributed by atoms with Gasteiger partial charge in [-0.25, -0.2) is 13.8 Å². The fraction of sp³-hybridized carbons (Fsp3) is 0.636. The van der Waals surface area contributed by atoms with Crippen LogP contribution in [0.4, 0.5) is 18.0 Å². The molecule has 194 valence electrons. The van der Waals surface area contributed by atoms with E-state index < -0.39 is 50.8 Å². The molecule has 7 nitrogen and oxygen atoms in total. The Morgan fingerprint density at radius 2 is 1.62 bits per heavy atom. The van der Waals surface area contributed by atoms with Crippen LogP contribution in [-0.2, 0) is 36.6 Å². The minimum Gasteiger partial charge on any atom is -0.458 e. The van der Waals surface area contributed by atoms with Crippen molar-refractivity contribution in [3.63, 3.8) is 0 Å². The number of rotatable bonds is 8. The first-order chi connectivity index (χ1) is 15.2. The van der Waals surface area contributed by atoms with Gasteiger partial charge in [-0.15, -0.1) is 0 Å². The maximum Gasteiger partial charge on any atom is 0.416 e. The first-order valence-corrected chi connectivity index (χ1v) is 13.2. The Bertz CT molecular complexity index is 984. The quantitative estimate of drug-likeness (QED) is 0.390. The Hall–Kier alpha value is -1.82. The van der Waals surface area contributed by atoms with Crippen LogP contribution in [0.1, 0.15) is 59.1 Å². The number of amides is 1. The molecule has 2 N–H and O–H groups in total. The van der Waals surface area contributed by atoms with Crippen LogP contribution < -0.4 is 5.32 Å². The molecule has 0 fully saturated rings. The lowest BCUT2D eigenvalue weighted by Crippen LogP contribution is -2.46. The van der Waals surface area contributed by atoms with E-state index in [4.69, 9.17) is 14.3 Å². The van der Waals surface area contributed by atoms with Gasteiger partial charge in [0.1, 0.15) is 17.2 Å². The second-order valence-corrected chi connectivity index (χ2v) is 13.1. The molecule has 1 aromatic carbocycles. The normalized spacial score (nSPS) is 15.2. The zero-order chi connectivity index (χ0) is 26.5. The second-order valence-electron chi connectivity index (χ2n) is 9.79. The average molecular weight is 573 g/mol. The van der Waals surface area contributed by atoms with E-state index in [0.717, 1.165) is 6.07 Å². The van der Waals surface area contributed by atoms with Crippen LogP contribution >= 0.6 is 15.9 Å². The third kappa shape index (κ3) is 11.5. The van der Waals surface area contributed by atoms with Gasteiger partial charge in [-0.2, -0.15) is 13.2 Å².